The summed E-state index contributed by atoms with van der Waals surface area (Å²) in [6, 6.07) is 2.15. The Kier molecular flexibility index (Phi) is 2.99. The minimum Gasteiger partial charge on any atom is -0.478 e. The van der Waals surface area contributed by atoms with Crippen molar-refractivity contribution in [3.05, 3.63) is 39.2 Å². The lowest BCUT2D eigenvalue weighted by Gasteiger charge is -2.02. The van der Waals surface area contributed by atoms with Gasteiger partial charge in [-0.25, -0.2) is 4.79 Å². The minimum atomic E-state index is -1.51. The summed E-state index contributed by atoms with van der Waals surface area (Å²) in [4.78, 5) is 20.1. The molecule has 5 nitrogen and oxygen atoms in total. The van der Waals surface area contributed by atoms with Crippen LogP contribution in [-0.4, -0.2) is 16.0 Å². The first-order valence-electron chi connectivity index (χ1n) is 4.17. The highest BCUT2D eigenvalue weighted by Crippen LogP contribution is 2.23. The molecule has 0 radical (unpaired) electrons. The lowest BCUT2D eigenvalue weighted by atomic mass is 10.1. The molecule has 0 aromatic heterocycles. The standard InChI is InChI=1S/C9H8FNO4/c1-2-5-3-6(9(12)13)8(10)7(4-5)11(14)15/h3-4H,2H2,1H3,(H,12,13). The number of aryl methyl sites for hydroxylation is 1. The van der Waals surface area contributed by atoms with E-state index in [9.17, 15) is 19.3 Å². The highest BCUT2D eigenvalue weighted by atomic mass is 19.1. The number of nitro benzene ring substituents is 1. The third kappa shape index (κ3) is 2.09. The van der Waals surface area contributed by atoms with E-state index in [1.807, 2.05) is 0 Å². The Balaban J connectivity index is 3.47. The Morgan fingerprint density at radius 2 is 2.20 bits per heavy atom. The van der Waals surface area contributed by atoms with Gasteiger partial charge < -0.3 is 5.11 Å². The molecule has 0 atom stereocenters. The maximum atomic E-state index is 13.3. The van der Waals surface area contributed by atoms with Crippen LogP contribution in [0.5, 0.6) is 0 Å². The van der Waals surface area contributed by atoms with Gasteiger partial charge in [-0.15, -0.1) is 0 Å². The van der Waals surface area contributed by atoms with Gasteiger partial charge in [0.1, 0.15) is 5.56 Å². The molecule has 0 fully saturated rings. The molecule has 0 aliphatic heterocycles. The summed E-state index contributed by atoms with van der Waals surface area (Å²) in [5.74, 6) is -2.81. The van der Waals surface area contributed by atoms with Crippen molar-refractivity contribution < 1.29 is 19.2 Å². The first-order valence-corrected chi connectivity index (χ1v) is 4.17. The Bertz CT molecular complexity index is 395. The molecule has 6 heteroatoms. The zero-order valence-electron chi connectivity index (χ0n) is 7.86. The van der Waals surface area contributed by atoms with E-state index in [2.05, 4.69) is 0 Å². The third-order valence-corrected chi connectivity index (χ3v) is 1.95. The van der Waals surface area contributed by atoms with Crippen LogP contribution in [0.2, 0.25) is 0 Å². The predicted octanol–water partition coefficient (Wildman–Crippen LogP) is 1.99. The van der Waals surface area contributed by atoms with E-state index in [0.29, 0.717) is 12.0 Å². The lowest BCUT2D eigenvalue weighted by Crippen LogP contribution is -2.05. The summed E-state index contributed by atoms with van der Waals surface area (Å²) >= 11 is 0. The van der Waals surface area contributed by atoms with Crippen LogP contribution in [0.15, 0.2) is 12.1 Å². The molecule has 0 bridgehead atoms. The van der Waals surface area contributed by atoms with Crippen LogP contribution in [0.1, 0.15) is 22.8 Å². The second-order valence-electron chi connectivity index (χ2n) is 2.89. The number of hydrogen-bond acceptors (Lipinski definition) is 3. The van der Waals surface area contributed by atoms with Gasteiger partial charge in [0, 0.05) is 6.07 Å². The van der Waals surface area contributed by atoms with Gasteiger partial charge in [0.25, 0.3) is 0 Å². The first-order chi connectivity index (χ1) is 6.97. The second kappa shape index (κ2) is 4.04. The number of carbonyl (C=O) groups is 1. The summed E-state index contributed by atoms with van der Waals surface area (Å²) in [6.07, 6.45) is 0.404. The third-order valence-electron chi connectivity index (χ3n) is 1.95. The van der Waals surface area contributed by atoms with Crippen molar-refractivity contribution in [2.45, 2.75) is 13.3 Å². The van der Waals surface area contributed by atoms with Gasteiger partial charge in [0.05, 0.1) is 4.92 Å². The molecule has 0 amide bonds. The van der Waals surface area contributed by atoms with Crippen molar-refractivity contribution in [2.24, 2.45) is 0 Å². The second-order valence-corrected chi connectivity index (χ2v) is 2.89. The number of carboxylic acid groups (broad SMARTS) is 1. The molecular weight excluding hydrogens is 205 g/mol. The first kappa shape index (κ1) is 11.1. The van der Waals surface area contributed by atoms with Crippen molar-refractivity contribution in [3.63, 3.8) is 0 Å². The Hall–Kier alpha value is -1.98. The lowest BCUT2D eigenvalue weighted by molar-refractivity contribution is -0.387. The van der Waals surface area contributed by atoms with E-state index in [4.69, 9.17) is 5.11 Å². The molecule has 1 N–H and O–H groups in total. The van der Waals surface area contributed by atoms with Crippen LogP contribution in [-0.2, 0) is 6.42 Å². The Morgan fingerprint density at radius 1 is 1.60 bits per heavy atom. The number of rotatable bonds is 3. The molecule has 0 aliphatic carbocycles. The number of nitro groups is 1. The summed E-state index contributed by atoms with van der Waals surface area (Å²) in [6.45, 7) is 1.70. The van der Waals surface area contributed by atoms with Gasteiger partial charge in [-0.3, -0.25) is 10.1 Å². The highest BCUT2D eigenvalue weighted by Gasteiger charge is 2.22. The van der Waals surface area contributed by atoms with Crippen molar-refractivity contribution in [1.29, 1.82) is 0 Å². The van der Waals surface area contributed by atoms with E-state index in [0.717, 1.165) is 12.1 Å². The maximum absolute atomic E-state index is 13.3. The molecule has 1 aromatic rings. The SMILES string of the molecule is CCc1cc(C(=O)O)c(F)c([N+](=O)[O-])c1. The monoisotopic (exact) mass is 213 g/mol. The summed E-state index contributed by atoms with van der Waals surface area (Å²) < 4.78 is 13.3. The van der Waals surface area contributed by atoms with Gasteiger partial charge in [0.15, 0.2) is 0 Å². The fourth-order valence-electron chi connectivity index (χ4n) is 1.16. The topological polar surface area (TPSA) is 80.4 Å². The van der Waals surface area contributed by atoms with Gasteiger partial charge in [-0.1, -0.05) is 6.92 Å². The van der Waals surface area contributed by atoms with Crippen molar-refractivity contribution in [1.82, 2.24) is 0 Å². The summed E-state index contributed by atoms with van der Waals surface area (Å²) in [7, 11) is 0. The number of nitrogens with zero attached hydrogens (tertiary/aromatic N) is 1. The Labute approximate surface area is 84.3 Å². The molecule has 0 heterocycles. The summed E-state index contributed by atoms with van der Waals surface area (Å²) in [5.41, 5.74) is -1.05. The molecule has 15 heavy (non-hydrogen) atoms. The van der Waals surface area contributed by atoms with Gasteiger partial charge in [0.2, 0.25) is 5.82 Å². The molecule has 0 aliphatic rings. The van der Waals surface area contributed by atoms with Crippen molar-refractivity contribution in [2.75, 3.05) is 0 Å². The fraction of sp³-hybridized carbons (Fsp3) is 0.222. The number of carboxylic acids is 1. The molecule has 80 valence electrons. The largest absolute Gasteiger partial charge is 0.478 e. The fourth-order valence-corrected chi connectivity index (χ4v) is 1.16. The number of halogens is 1. The number of benzene rings is 1. The van der Waals surface area contributed by atoms with Crippen LogP contribution in [0.3, 0.4) is 0 Å². The molecule has 0 spiro atoms. The highest BCUT2D eigenvalue weighted by molar-refractivity contribution is 5.89. The Morgan fingerprint density at radius 3 is 2.60 bits per heavy atom. The maximum Gasteiger partial charge on any atom is 0.338 e. The molecule has 1 aromatic carbocycles. The van der Waals surface area contributed by atoms with E-state index in [-0.39, 0.29) is 0 Å². The van der Waals surface area contributed by atoms with Crippen molar-refractivity contribution in [3.8, 4) is 0 Å². The van der Waals surface area contributed by atoms with Gasteiger partial charge >= 0.3 is 11.7 Å². The number of aromatic carboxylic acids is 1. The van der Waals surface area contributed by atoms with E-state index in [1.54, 1.807) is 6.92 Å². The van der Waals surface area contributed by atoms with Gasteiger partial charge in [-0.05, 0) is 18.1 Å². The van der Waals surface area contributed by atoms with Gasteiger partial charge in [-0.2, -0.15) is 4.39 Å². The average molecular weight is 213 g/mol. The molecule has 0 saturated heterocycles. The zero-order valence-corrected chi connectivity index (χ0v) is 7.86. The van der Waals surface area contributed by atoms with E-state index >= 15 is 0 Å². The zero-order chi connectivity index (χ0) is 11.6. The van der Waals surface area contributed by atoms with E-state index in [1.165, 1.54) is 0 Å². The quantitative estimate of drug-likeness (QED) is 0.615. The molecule has 0 saturated carbocycles. The van der Waals surface area contributed by atoms with Crippen LogP contribution >= 0.6 is 0 Å². The normalized spacial score (nSPS) is 10.0. The molecule has 1 rings (SSSR count). The average Bonchev–Trinajstić information content (AvgIpc) is 2.17. The van der Waals surface area contributed by atoms with Crippen LogP contribution in [0, 0.1) is 15.9 Å². The molecular formula is C9H8FNO4. The number of hydrogen-bond donors (Lipinski definition) is 1. The molecule has 0 unspecified atom stereocenters. The smallest absolute Gasteiger partial charge is 0.338 e. The minimum absolute atomic E-state index is 0.404. The van der Waals surface area contributed by atoms with E-state index < -0.39 is 28.0 Å². The van der Waals surface area contributed by atoms with Crippen molar-refractivity contribution >= 4 is 11.7 Å². The predicted molar refractivity (Wildman–Crippen MR) is 49.4 cm³/mol. The summed E-state index contributed by atoms with van der Waals surface area (Å²) in [5, 5.41) is 19.1. The van der Waals surface area contributed by atoms with Crippen LogP contribution in [0.4, 0.5) is 10.1 Å². The van der Waals surface area contributed by atoms with Crippen LogP contribution in [0.25, 0.3) is 0 Å². The van der Waals surface area contributed by atoms with Crippen LogP contribution < -0.4 is 0 Å².